The van der Waals surface area contributed by atoms with E-state index in [0.29, 0.717) is 18.7 Å². The number of nitrogen functional groups attached to an aromatic ring is 1. The van der Waals surface area contributed by atoms with Gasteiger partial charge < -0.3 is 20.3 Å². The summed E-state index contributed by atoms with van der Waals surface area (Å²) < 4.78 is 5.56. The third-order valence-electron chi connectivity index (χ3n) is 3.54. The zero-order valence-electron chi connectivity index (χ0n) is 12.0. The minimum Gasteiger partial charge on any atom is -0.493 e. The fourth-order valence-corrected chi connectivity index (χ4v) is 2.27. The van der Waals surface area contributed by atoms with Crippen LogP contribution in [-0.2, 0) is 4.79 Å². The van der Waals surface area contributed by atoms with E-state index < -0.39 is 0 Å². The molecule has 5 nitrogen and oxygen atoms in total. The normalized spacial score (nSPS) is 16.8. The first-order valence-corrected chi connectivity index (χ1v) is 7.10. The van der Waals surface area contributed by atoms with Crippen LogP contribution in [0.2, 0.25) is 0 Å². The van der Waals surface area contributed by atoms with Crippen LogP contribution >= 0.6 is 0 Å². The van der Waals surface area contributed by atoms with E-state index >= 15 is 0 Å². The zero-order valence-corrected chi connectivity index (χ0v) is 12.0. The van der Waals surface area contributed by atoms with Gasteiger partial charge in [0.25, 0.3) is 0 Å². The summed E-state index contributed by atoms with van der Waals surface area (Å²) in [6, 6.07) is 7.23. The quantitative estimate of drug-likeness (QED) is 0.840. The number of anilines is 1. The molecule has 2 rings (SSSR count). The third-order valence-corrected chi connectivity index (χ3v) is 3.54. The number of nitrogens with zero attached hydrogens (tertiary/aromatic N) is 2. The largest absolute Gasteiger partial charge is 0.493 e. The van der Waals surface area contributed by atoms with Crippen molar-refractivity contribution in [1.29, 1.82) is 0 Å². The van der Waals surface area contributed by atoms with Gasteiger partial charge in [-0.1, -0.05) is 0 Å². The summed E-state index contributed by atoms with van der Waals surface area (Å²) in [6.45, 7) is 4.09. The standard InChI is InChI=1S/C15H23N3O2/c1-17-8-2-9-18(11-10-17)15(19)7-12-20-14-5-3-13(16)4-6-14/h3-6H,2,7-12,16H2,1H3. The first kappa shape index (κ1) is 14.7. The zero-order chi connectivity index (χ0) is 14.4. The Bertz CT molecular complexity index is 433. The van der Waals surface area contributed by atoms with E-state index in [2.05, 4.69) is 11.9 Å². The van der Waals surface area contributed by atoms with Gasteiger partial charge in [0.05, 0.1) is 13.0 Å². The second kappa shape index (κ2) is 7.14. The lowest BCUT2D eigenvalue weighted by molar-refractivity contribution is -0.131. The van der Waals surface area contributed by atoms with Crippen LogP contribution in [0.5, 0.6) is 5.75 Å². The van der Waals surface area contributed by atoms with Crippen LogP contribution in [0.4, 0.5) is 5.69 Å². The number of rotatable bonds is 4. The number of amides is 1. The Kier molecular flexibility index (Phi) is 5.24. The van der Waals surface area contributed by atoms with Gasteiger partial charge in [-0.15, -0.1) is 0 Å². The Morgan fingerprint density at radius 3 is 2.70 bits per heavy atom. The molecular formula is C15H23N3O2. The van der Waals surface area contributed by atoms with Gasteiger partial charge in [0.1, 0.15) is 5.75 Å². The summed E-state index contributed by atoms with van der Waals surface area (Å²) >= 11 is 0. The molecule has 1 amide bonds. The van der Waals surface area contributed by atoms with Crippen molar-refractivity contribution < 1.29 is 9.53 Å². The van der Waals surface area contributed by atoms with E-state index in [9.17, 15) is 4.79 Å². The van der Waals surface area contributed by atoms with E-state index in [1.807, 2.05) is 17.0 Å². The molecule has 0 saturated carbocycles. The highest BCUT2D eigenvalue weighted by Crippen LogP contribution is 2.13. The SMILES string of the molecule is CN1CCCN(C(=O)CCOc2ccc(N)cc2)CC1. The van der Waals surface area contributed by atoms with Crippen molar-refractivity contribution in [2.45, 2.75) is 12.8 Å². The maximum Gasteiger partial charge on any atom is 0.226 e. The van der Waals surface area contributed by atoms with Crippen molar-refractivity contribution in [1.82, 2.24) is 9.80 Å². The second-order valence-electron chi connectivity index (χ2n) is 5.21. The number of ether oxygens (including phenoxy) is 1. The summed E-state index contributed by atoms with van der Waals surface area (Å²) in [5, 5.41) is 0. The molecule has 0 unspecified atom stereocenters. The maximum atomic E-state index is 12.1. The Balaban J connectivity index is 1.73. The van der Waals surface area contributed by atoms with Crippen LogP contribution in [-0.4, -0.2) is 55.5 Å². The monoisotopic (exact) mass is 277 g/mol. The van der Waals surface area contributed by atoms with Gasteiger partial charge in [-0.2, -0.15) is 0 Å². The van der Waals surface area contributed by atoms with E-state index in [0.717, 1.165) is 38.3 Å². The molecule has 0 atom stereocenters. The van der Waals surface area contributed by atoms with Gasteiger partial charge in [-0.05, 0) is 44.3 Å². The highest BCUT2D eigenvalue weighted by Gasteiger charge is 2.17. The number of benzene rings is 1. The van der Waals surface area contributed by atoms with Crippen molar-refractivity contribution in [3.05, 3.63) is 24.3 Å². The molecule has 110 valence electrons. The number of nitrogens with two attached hydrogens (primary N) is 1. The molecule has 0 aliphatic carbocycles. The fourth-order valence-electron chi connectivity index (χ4n) is 2.27. The molecule has 0 spiro atoms. The van der Waals surface area contributed by atoms with Crippen LogP contribution in [0, 0.1) is 0 Å². The van der Waals surface area contributed by atoms with Gasteiger partial charge in [-0.3, -0.25) is 4.79 Å². The predicted molar refractivity (Wildman–Crippen MR) is 79.7 cm³/mol. The number of carbonyl (C=O) groups is 1. The molecule has 1 fully saturated rings. The molecule has 1 aromatic rings. The highest BCUT2D eigenvalue weighted by molar-refractivity contribution is 5.76. The first-order chi connectivity index (χ1) is 9.65. The Hall–Kier alpha value is -1.75. The van der Waals surface area contributed by atoms with Crippen molar-refractivity contribution >= 4 is 11.6 Å². The maximum absolute atomic E-state index is 12.1. The Morgan fingerprint density at radius 2 is 1.95 bits per heavy atom. The topological polar surface area (TPSA) is 58.8 Å². The van der Waals surface area contributed by atoms with Gasteiger partial charge in [0, 0.05) is 25.3 Å². The van der Waals surface area contributed by atoms with Gasteiger partial charge in [0.15, 0.2) is 0 Å². The molecule has 0 aromatic heterocycles. The first-order valence-electron chi connectivity index (χ1n) is 7.10. The molecule has 1 saturated heterocycles. The van der Waals surface area contributed by atoms with Gasteiger partial charge in [0.2, 0.25) is 5.91 Å². The number of hydrogen-bond acceptors (Lipinski definition) is 4. The summed E-state index contributed by atoms with van der Waals surface area (Å²) in [6.07, 6.45) is 1.47. The van der Waals surface area contributed by atoms with E-state index in [-0.39, 0.29) is 5.91 Å². The van der Waals surface area contributed by atoms with Crippen molar-refractivity contribution in [2.75, 3.05) is 45.6 Å². The van der Waals surface area contributed by atoms with Crippen molar-refractivity contribution in [3.63, 3.8) is 0 Å². The van der Waals surface area contributed by atoms with Gasteiger partial charge >= 0.3 is 0 Å². The molecular weight excluding hydrogens is 254 g/mol. The lowest BCUT2D eigenvalue weighted by Crippen LogP contribution is -2.35. The molecule has 2 N–H and O–H groups in total. The van der Waals surface area contributed by atoms with Crippen LogP contribution in [0.1, 0.15) is 12.8 Å². The highest BCUT2D eigenvalue weighted by atomic mass is 16.5. The smallest absolute Gasteiger partial charge is 0.226 e. The molecule has 0 bridgehead atoms. The van der Waals surface area contributed by atoms with Crippen molar-refractivity contribution in [3.8, 4) is 5.75 Å². The number of carbonyl (C=O) groups excluding carboxylic acids is 1. The summed E-state index contributed by atoms with van der Waals surface area (Å²) in [5.74, 6) is 0.929. The van der Waals surface area contributed by atoms with Crippen LogP contribution < -0.4 is 10.5 Å². The lowest BCUT2D eigenvalue weighted by Gasteiger charge is -2.20. The minimum absolute atomic E-state index is 0.177. The average molecular weight is 277 g/mol. The van der Waals surface area contributed by atoms with E-state index in [1.165, 1.54) is 0 Å². The third kappa shape index (κ3) is 4.42. The molecule has 1 heterocycles. The van der Waals surface area contributed by atoms with E-state index in [1.54, 1.807) is 12.1 Å². The number of hydrogen-bond donors (Lipinski definition) is 1. The second-order valence-corrected chi connectivity index (χ2v) is 5.21. The number of likely N-dealkylation sites (N-methyl/N-ethyl adjacent to an activating group) is 1. The fraction of sp³-hybridized carbons (Fsp3) is 0.533. The molecule has 0 radical (unpaired) electrons. The van der Waals surface area contributed by atoms with Gasteiger partial charge in [-0.25, -0.2) is 0 Å². The molecule has 20 heavy (non-hydrogen) atoms. The van der Waals surface area contributed by atoms with Crippen LogP contribution in [0.3, 0.4) is 0 Å². The summed E-state index contributed by atoms with van der Waals surface area (Å²) in [5.41, 5.74) is 6.32. The Morgan fingerprint density at radius 1 is 1.20 bits per heavy atom. The average Bonchev–Trinajstić information content (AvgIpc) is 2.66. The van der Waals surface area contributed by atoms with Crippen LogP contribution in [0.25, 0.3) is 0 Å². The molecule has 1 aliphatic heterocycles. The predicted octanol–water partition coefficient (Wildman–Crippen LogP) is 1.20. The molecule has 1 aliphatic rings. The Labute approximate surface area is 120 Å². The van der Waals surface area contributed by atoms with E-state index in [4.69, 9.17) is 10.5 Å². The summed E-state index contributed by atoms with van der Waals surface area (Å²) in [4.78, 5) is 16.3. The lowest BCUT2D eigenvalue weighted by atomic mass is 10.3. The van der Waals surface area contributed by atoms with Crippen molar-refractivity contribution in [2.24, 2.45) is 0 Å². The molecule has 1 aromatic carbocycles. The molecule has 5 heteroatoms. The van der Waals surface area contributed by atoms with Crippen LogP contribution in [0.15, 0.2) is 24.3 Å². The minimum atomic E-state index is 0.177. The summed E-state index contributed by atoms with van der Waals surface area (Å²) in [7, 11) is 2.10.